The summed E-state index contributed by atoms with van der Waals surface area (Å²) in [7, 11) is 2.29. The van der Waals surface area contributed by atoms with Crippen molar-refractivity contribution in [3.8, 4) is 0 Å². The van der Waals surface area contributed by atoms with Gasteiger partial charge in [-0.2, -0.15) is 0 Å². The van der Waals surface area contributed by atoms with E-state index < -0.39 is 0 Å². The van der Waals surface area contributed by atoms with E-state index in [9.17, 15) is 0 Å². The number of ether oxygens (including phenoxy) is 1. The Morgan fingerprint density at radius 3 is 1.88 bits per heavy atom. The van der Waals surface area contributed by atoms with Crippen molar-refractivity contribution in [2.45, 2.75) is 50.0 Å². The van der Waals surface area contributed by atoms with Crippen LogP contribution in [0.25, 0.3) is 12.2 Å². The molecule has 2 nitrogen and oxygen atoms in total. The molecule has 2 aliphatic heterocycles. The van der Waals surface area contributed by atoms with E-state index in [1.54, 1.807) is 0 Å². The molecule has 25 heavy (non-hydrogen) atoms. The molecule has 3 aliphatic rings. The second-order valence-corrected chi connectivity index (χ2v) is 7.75. The zero-order valence-electron chi connectivity index (χ0n) is 14.8. The molecule has 128 valence electrons. The predicted octanol–water partition coefficient (Wildman–Crippen LogP) is 4.90. The van der Waals surface area contributed by atoms with E-state index in [1.807, 2.05) is 0 Å². The summed E-state index contributed by atoms with van der Waals surface area (Å²) in [6.07, 6.45) is 9.86. The molecule has 0 aromatic heterocycles. The number of rotatable bonds is 2. The number of benzene rings is 2. The first-order valence-electron chi connectivity index (χ1n) is 9.53. The van der Waals surface area contributed by atoms with Crippen molar-refractivity contribution in [1.82, 2.24) is 4.90 Å². The van der Waals surface area contributed by atoms with Crippen molar-refractivity contribution in [3.05, 3.63) is 70.8 Å². The fraction of sp³-hybridized carbons (Fsp3) is 0.391. The lowest BCUT2D eigenvalue weighted by Gasteiger charge is -2.38. The molecule has 5 rings (SSSR count). The Balaban J connectivity index is 1.51. The topological polar surface area (TPSA) is 12.5 Å². The molecule has 1 aliphatic carbocycles. The van der Waals surface area contributed by atoms with E-state index in [4.69, 9.17) is 4.74 Å². The Bertz CT molecular complexity index is 748. The van der Waals surface area contributed by atoms with Gasteiger partial charge in [0, 0.05) is 12.1 Å². The van der Waals surface area contributed by atoms with Gasteiger partial charge in [-0.1, -0.05) is 60.7 Å². The minimum absolute atomic E-state index is 0.0372. The average molecular weight is 331 g/mol. The van der Waals surface area contributed by atoms with Crippen LogP contribution in [0.2, 0.25) is 0 Å². The molecule has 1 unspecified atom stereocenters. The molecular formula is C23H25NO. The number of fused-ring (bicyclic) bond motifs is 4. The lowest BCUT2D eigenvalue weighted by atomic mass is 9.95. The van der Waals surface area contributed by atoms with Crippen LogP contribution in [0.3, 0.4) is 0 Å². The number of piperidine rings is 1. The maximum atomic E-state index is 6.83. The van der Waals surface area contributed by atoms with Gasteiger partial charge >= 0.3 is 0 Å². The van der Waals surface area contributed by atoms with Crippen LogP contribution in [0, 0.1) is 0 Å². The van der Waals surface area contributed by atoms with Gasteiger partial charge in [0.15, 0.2) is 0 Å². The van der Waals surface area contributed by atoms with Gasteiger partial charge in [-0.15, -0.1) is 0 Å². The Kier molecular flexibility index (Phi) is 3.76. The Morgan fingerprint density at radius 2 is 1.32 bits per heavy atom. The minimum atomic E-state index is 0.0372. The highest BCUT2D eigenvalue weighted by Crippen LogP contribution is 2.41. The van der Waals surface area contributed by atoms with Crippen LogP contribution in [0.15, 0.2) is 48.5 Å². The van der Waals surface area contributed by atoms with Crippen molar-refractivity contribution < 1.29 is 4.74 Å². The number of nitrogens with zero attached hydrogens (tertiary/aromatic N) is 1. The molecule has 3 atom stereocenters. The maximum absolute atomic E-state index is 6.83. The van der Waals surface area contributed by atoms with Gasteiger partial charge in [0.05, 0.1) is 6.10 Å². The van der Waals surface area contributed by atoms with Gasteiger partial charge in [-0.3, -0.25) is 0 Å². The van der Waals surface area contributed by atoms with Crippen molar-refractivity contribution in [1.29, 1.82) is 0 Å². The van der Waals surface area contributed by atoms with Crippen molar-refractivity contribution in [2.24, 2.45) is 0 Å². The average Bonchev–Trinajstić information content (AvgIpc) is 2.82. The van der Waals surface area contributed by atoms with Crippen LogP contribution in [-0.2, 0) is 4.74 Å². The highest BCUT2D eigenvalue weighted by molar-refractivity contribution is 5.76. The molecule has 0 radical (unpaired) electrons. The Hall–Kier alpha value is -1.90. The monoisotopic (exact) mass is 331 g/mol. The highest BCUT2D eigenvalue weighted by atomic mass is 16.5. The van der Waals surface area contributed by atoms with Gasteiger partial charge in [0.25, 0.3) is 0 Å². The van der Waals surface area contributed by atoms with Crippen LogP contribution in [0.4, 0.5) is 0 Å². The largest absolute Gasteiger partial charge is 0.365 e. The molecule has 2 bridgehead atoms. The van der Waals surface area contributed by atoms with Crippen molar-refractivity contribution in [3.63, 3.8) is 0 Å². The Morgan fingerprint density at radius 1 is 0.800 bits per heavy atom. The number of hydrogen-bond acceptors (Lipinski definition) is 2. The predicted molar refractivity (Wildman–Crippen MR) is 102 cm³/mol. The molecule has 2 saturated heterocycles. The maximum Gasteiger partial charge on any atom is 0.109 e. The van der Waals surface area contributed by atoms with E-state index in [1.165, 1.54) is 47.9 Å². The standard InChI is InChI=1S/C23H25NO/c1-24-18-12-13-19(24)15-20(14-18)25-23-21-8-4-2-6-16(21)10-11-17-7-3-5-9-22(17)23/h2-11,18-20,23H,12-15H2,1H3/t18-,19+,20?. The lowest BCUT2D eigenvalue weighted by Crippen LogP contribution is -2.43. The number of hydrogen-bond donors (Lipinski definition) is 0. The first-order valence-corrected chi connectivity index (χ1v) is 9.53. The fourth-order valence-electron chi connectivity index (χ4n) is 4.96. The molecule has 0 spiro atoms. The second kappa shape index (κ2) is 6.12. The molecule has 0 saturated carbocycles. The van der Waals surface area contributed by atoms with E-state index in [-0.39, 0.29) is 6.10 Å². The molecule has 2 aromatic rings. The fourth-order valence-corrected chi connectivity index (χ4v) is 4.96. The third-order valence-corrected chi connectivity index (χ3v) is 6.38. The Labute approximate surface area is 150 Å². The van der Waals surface area contributed by atoms with E-state index in [2.05, 4.69) is 72.6 Å². The van der Waals surface area contributed by atoms with Crippen LogP contribution in [-0.4, -0.2) is 30.1 Å². The first-order chi connectivity index (χ1) is 12.3. The summed E-state index contributed by atoms with van der Waals surface area (Å²) in [6.45, 7) is 0. The SMILES string of the molecule is CN1[C@@H]2CC[C@H]1CC(OC1c3ccccc3C=Cc3ccccc31)C2. The molecule has 2 fully saturated rings. The van der Waals surface area contributed by atoms with E-state index in [0.717, 1.165) is 0 Å². The molecular weight excluding hydrogens is 306 g/mol. The summed E-state index contributed by atoms with van der Waals surface area (Å²) in [6, 6.07) is 18.8. The lowest BCUT2D eigenvalue weighted by molar-refractivity contribution is -0.0427. The second-order valence-electron chi connectivity index (χ2n) is 7.75. The molecule has 0 amide bonds. The van der Waals surface area contributed by atoms with Gasteiger partial charge in [-0.25, -0.2) is 0 Å². The van der Waals surface area contributed by atoms with Crippen LogP contribution < -0.4 is 0 Å². The first kappa shape index (κ1) is 15.4. The van der Waals surface area contributed by atoms with Gasteiger partial charge in [0.1, 0.15) is 6.10 Å². The van der Waals surface area contributed by atoms with Crippen molar-refractivity contribution >= 4 is 12.2 Å². The summed E-state index contributed by atoms with van der Waals surface area (Å²) in [5.41, 5.74) is 5.16. The normalized spacial score (nSPS) is 28.4. The smallest absolute Gasteiger partial charge is 0.109 e. The zero-order chi connectivity index (χ0) is 16.8. The van der Waals surface area contributed by atoms with Gasteiger partial charge in [-0.05, 0) is 55.0 Å². The third kappa shape index (κ3) is 2.65. The zero-order valence-corrected chi connectivity index (χ0v) is 14.8. The summed E-state index contributed by atoms with van der Waals surface area (Å²) < 4.78 is 6.83. The summed E-state index contributed by atoms with van der Waals surface area (Å²) in [4.78, 5) is 2.58. The third-order valence-electron chi connectivity index (χ3n) is 6.38. The van der Waals surface area contributed by atoms with Crippen molar-refractivity contribution in [2.75, 3.05) is 7.05 Å². The molecule has 2 heteroatoms. The quantitative estimate of drug-likeness (QED) is 0.776. The minimum Gasteiger partial charge on any atom is -0.365 e. The summed E-state index contributed by atoms with van der Waals surface area (Å²) in [5, 5.41) is 0. The molecule has 0 N–H and O–H groups in total. The van der Waals surface area contributed by atoms with E-state index >= 15 is 0 Å². The summed E-state index contributed by atoms with van der Waals surface area (Å²) >= 11 is 0. The highest BCUT2D eigenvalue weighted by Gasteiger charge is 2.40. The summed E-state index contributed by atoms with van der Waals surface area (Å²) in [5.74, 6) is 0. The van der Waals surface area contributed by atoms with Crippen LogP contribution in [0.1, 0.15) is 54.0 Å². The van der Waals surface area contributed by atoms with Gasteiger partial charge in [0.2, 0.25) is 0 Å². The van der Waals surface area contributed by atoms with Gasteiger partial charge < -0.3 is 9.64 Å². The molecule has 2 heterocycles. The molecule has 2 aromatic carbocycles. The van der Waals surface area contributed by atoms with Crippen LogP contribution in [0.5, 0.6) is 0 Å². The van der Waals surface area contributed by atoms with Crippen LogP contribution >= 0.6 is 0 Å². The van der Waals surface area contributed by atoms with E-state index in [0.29, 0.717) is 18.2 Å².